The Bertz CT molecular complexity index is 814. The minimum absolute atomic E-state index is 0.125. The van der Waals surface area contributed by atoms with Crippen LogP contribution in [0, 0.1) is 0 Å². The van der Waals surface area contributed by atoms with Crippen LogP contribution >= 0.6 is 23.2 Å². The number of ketones is 1. The van der Waals surface area contributed by atoms with Crippen LogP contribution in [-0.2, 0) is 9.47 Å². The first-order valence-electron chi connectivity index (χ1n) is 8.53. The smallest absolute Gasteiger partial charge is 0.338 e. The molecule has 7 heteroatoms. The number of hydrogen-bond donors (Lipinski definition) is 0. The van der Waals surface area contributed by atoms with Gasteiger partial charge in [0.05, 0.1) is 16.7 Å². The van der Waals surface area contributed by atoms with E-state index in [0.29, 0.717) is 22.9 Å². The fraction of sp³-hybridized carbons (Fsp3) is 0.300. The molecular formula is C20H18Cl2O5. The summed E-state index contributed by atoms with van der Waals surface area (Å²) in [7, 11) is 0. The zero-order chi connectivity index (χ0) is 19.2. The van der Waals surface area contributed by atoms with Crippen molar-refractivity contribution in [2.45, 2.75) is 18.9 Å². The Morgan fingerprint density at radius 1 is 1.11 bits per heavy atom. The number of ether oxygens (including phenoxy) is 3. The Morgan fingerprint density at radius 3 is 2.56 bits per heavy atom. The van der Waals surface area contributed by atoms with Crippen molar-refractivity contribution in [1.82, 2.24) is 0 Å². The summed E-state index contributed by atoms with van der Waals surface area (Å²) in [4.78, 5) is 24.2. The predicted octanol–water partition coefficient (Wildman–Crippen LogP) is 4.59. The molecule has 1 fully saturated rings. The van der Waals surface area contributed by atoms with Gasteiger partial charge in [-0.05, 0) is 55.3 Å². The quantitative estimate of drug-likeness (QED) is 0.495. The monoisotopic (exact) mass is 408 g/mol. The fourth-order valence-corrected chi connectivity index (χ4v) is 3.17. The molecule has 0 radical (unpaired) electrons. The molecular weight excluding hydrogens is 391 g/mol. The Kier molecular flexibility index (Phi) is 6.72. The molecule has 0 aromatic heterocycles. The Labute approximate surface area is 167 Å². The summed E-state index contributed by atoms with van der Waals surface area (Å²) >= 11 is 11.8. The fourth-order valence-electron chi connectivity index (χ4n) is 2.66. The van der Waals surface area contributed by atoms with Gasteiger partial charge in [0.2, 0.25) is 5.78 Å². The highest BCUT2D eigenvalue weighted by atomic mass is 35.5. The van der Waals surface area contributed by atoms with Crippen LogP contribution in [0.15, 0.2) is 42.5 Å². The molecule has 1 saturated heterocycles. The summed E-state index contributed by atoms with van der Waals surface area (Å²) in [6, 6.07) is 11.1. The molecule has 0 spiro atoms. The maximum Gasteiger partial charge on any atom is 0.338 e. The summed E-state index contributed by atoms with van der Waals surface area (Å²) in [6.07, 6.45) is 2.18. The lowest BCUT2D eigenvalue weighted by molar-refractivity contribution is 0.0474. The zero-order valence-electron chi connectivity index (χ0n) is 14.5. The van der Waals surface area contributed by atoms with Crippen molar-refractivity contribution in [3.63, 3.8) is 0 Å². The molecule has 0 bridgehead atoms. The number of benzene rings is 2. The number of hydrogen-bond acceptors (Lipinski definition) is 5. The molecule has 142 valence electrons. The third kappa shape index (κ3) is 5.45. The van der Waals surface area contributed by atoms with Crippen LogP contribution in [0.1, 0.15) is 33.6 Å². The van der Waals surface area contributed by atoms with E-state index in [9.17, 15) is 9.59 Å². The van der Waals surface area contributed by atoms with Crippen molar-refractivity contribution < 1.29 is 23.8 Å². The molecule has 1 atom stereocenters. The van der Waals surface area contributed by atoms with E-state index in [0.717, 1.165) is 19.4 Å². The van der Waals surface area contributed by atoms with E-state index < -0.39 is 18.4 Å². The third-order valence-corrected chi connectivity index (χ3v) is 4.66. The number of halogens is 2. The zero-order valence-corrected chi connectivity index (χ0v) is 16.0. The van der Waals surface area contributed by atoms with Crippen molar-refractivity contribution in [1.29, 1.82) is 0 Å². The second-order valence-electron chi connectivity index (χ2n) is 6.09. The summed E-state index contributed by atoms with van der Waals surface area (Å²) in [5.74, 6) is -0.355. The van der Waals surface area contributed by atoms with Gasteiger partial charge in [0.15, 0.2) is 6.61 Å². The van der Waals surface area contributed by atoms with Crippen LogP contribution in [0.3, 0.4) is 0 Å². The number of esters is 1. The first-order chi connectivity index (χ1) is 13.0. The van der Waals surface area contributed by atoms with Crippen molar-refractivity contribution >= 4 is 35.0 Å². The van der Waals surface area contributed by atoms with E-state index in [1.54, 1.807) is 30.3 Å². The molecule has 0 aliphatic carbocycles. The highest BCUT2D eigenvalue weighted by molar-refractivity contribution is 6.36. The lowest BCUT2D eigenvalue weighted by atomic mass is 10.1. The third-order valence-electron chi connectivity index (χ3n) is 4.12. The van der Waals surface area contributed by atoms with Crippen molar-refractivity contribution in [3.8, 4) is 5.75 Å². The predicted molar refractivity (Wildman–Crippen MR) is 102 cm³/mol. The number of carbonyl (C=O) groups excluding carboxylic acids is 2. The maximum atomic E-state index is 12.1. The van der Waals surface area contributed by atoms with E-state index in [1.807, 2.05) is 0 Å². The van der Waals surface area contributed by atoms with Gasteiger partial charge in [-0.15, -0.1) is 0 Å². The van der Waals surface area contributed by atoms with Crippen molar-refractivity contribution in [2.24, 2.45) is 0 Å². The van der Waals surface area contributed by atoms with Gasteiger partial charge < -0.3 is 14.2 Å². The number of rotatable bonds is 7. The van der Waals surface area contributed by atoms with Crippen molar-refractivity contribution in [3.05, 3.63) is 63.6 Å². The van der Waals surface area contributed by atoms with Gasteiger partial charge in [-0.25, -0.2) is 4.79 Å². The lowest BCUT2D eigenvalue weighted by Crippen LogP contribution is -2.16. The highest BCUT2D eigenvalue weighted by Crippen LogP contribution is 2.22. The topological polar surface area (TPSA) is 61.8 Å². The van der Waals surface area contributed by atoms with Crippen LogP contribution in [0.25, 0.3) is 0 Å². The van der Waals surface area contributed by atoms with E-state index >= 15 is 0 Å². The van der Waals surface area contributed by atoms with Gasteiger partial charge in [-0.3, -0.25) is 4.79 Å². The SMILES string of the molecule is O=C(OCC(=O)c1ccc(Cl)cc1Cl)c1ccc(OCC2CCCO2)cc1. The highest BCUT2D eigenvalue weighted by Gasteiger charge is 2.17. The van der Waals surface area contributed by atoms with Crippen LogP contribution in [0.2, 0.25) is 10.0 Å². The molecule has 2 aromatic rings. The van der Waals surface area contributed by atoms with E-state index in [-0.39, 0.29) is 16.7 Å². The summed E-state index contributed by atoms with van der Waals surface area (Å²) in [5.41, 5.74) is 0.584. The lowest BCUT2D eigenvalue weighted by Gasteiger charge is -2.11. The van der Waals surface area contributed by atoms with Gasteiger partial charge >= 0.3 is 5.97 Å². The summed E-state index contributed by atoms with van der Waals surface area (Å²) in [5, 5.41) is 0.645. The minimum atomic E-state index is -0.598. The molecule has 1 aliphatic rings. The summed E-state index contributed by atoms with van der Waals surface area (Å²) < 4.78 is 16.2. The molecule has 0 amide bonds. The van der Waals surface area contributed by atoms with Crippen LogP contribution in [0.4, 0.5) is 0 Å². The first kappa shape index (κ1) is 19.7. The molecule has 1 heterocycles. The van der Waals surface area contributed by atoms with Crippen LogP contribution in [-0.4, -0.2) is 37.7 Å². The molecule has 0 N–H and O–H groups in total. The Morgan fingerprint density at radius 2 is 1.89 bits per heavy atom. The first-order valence-corrected chi connectivity index (χ1v) is 9.28. The minimum Gasteiger partial charge on any atom is -0.491 e. The second kappa shape index (κ2) is 9.22. The van der Waals surface area contributed by atoms with Gasteiger partial charge in [0.25, 0.3) is 0 Å². The average molecular weight is 409 g/mol. The molecule has 5 nitrogen and oxygen atoms in total. The van der Waals surface area contributed by atoms with Gasteiger partial charge in [-0.1, -0.05) is 23.2 Å². The van der Waals surface area contributed by atoms with Crippen LogP contribution in [0.5, 0.6) is 5.75 Å². The van der Waals surface area contributed by atoms with Crippen LogP contribution < -0.4 is 4.74 Å². The van der Waals surface area contributed by atoms with Gasteiger partial charge in [0, 0.05) is 17.2 Å². The van der Waals surface area contributed by atoms with Gasteiger partial charge in [-0.2, -0.15) is 0 Å². The van der Waals surface area contributed by atoms with Gasteiger partial charge in [0.1, 0.15) is 12.4 Å². The molecule has 2 aromatic carbocycles. The normalized spacial score (nSPS) is 16.1. The molecule has 27 heavy (non-hydrogen) atoms. The molecule has 3 rings (SSSR count). The van der Waals surface area contributed by atoms with Crippen molar-refractivity contribution in [2.75, 3.05) is 19.8 Å². The largest absolute Gasteiger partial charge is 0.491 e. The Hall–Kier alpha value is -2.08. The molecule has 1 aliphatic heterocycles. The summed E-state index contributed by atoms with van der Waals surface area (Å²) in [6.45, 7) is 0.858. The molecule has 0 saturated carbocycles. The standard InChI is InChI=1S/C20H18Cl2O5/c21-14-5-8-17(18(22)10-14)19(23)12-27-20(24)13-3-6-15(7-4-13)26-11-16-2-1-9-25-16/h3-8,10,16H,1-2,9,11-12H2. The van der Waals surface area contributed by atoms with E-state index in [4.69, 9.17) is 37.4 Å². The Balaban J connectivity index is 1.50. The van der Waals surface area contributed by atoms with E-state index in [2.05, 4.69) is 0 Å². The number of Topliss-reactive ketones (excluding diaryl/α,β-unsaturated/α-hetero) is 1. The van der Waals surface area contributed by atoms with E-state index in [1.165, 1.54) is 12.1 Å². The maximum absolute atomic E-state index is 12.1. The molecule has 1 unspecified atom stereocenters. The number of carbonyl (C=O) groups is 2. The second-order valence-corrected chi connectivity index (χ2v) is 6.94. The average Bonchev–Trinajstić information content (AvgIpc) is 3.18.